The van der Waals surface area contributed by atoms with Crippen molar-refractivity contribution in [3.63, 3.8) is 0 Å². The fourth-order valence-electron chi connectivity index (χ4n) is 3.61. The maximum Gasteiger partial charge on any atom is 0.352 e. The topological polar surface area (TPSA) is 163 Å². The van der Waals surface area contributed by atoms with Crippen LogP contribution < -0.4 is 10.6 Å². The number of aliphatic carboxylic acids is 1. The largest absolute Gasteiger partial charge is 0.477 e. The molecule has 0 bridgehead atoms. The Morgan fingerprint density at radius 2 is 2.26 bits per heavy atom. The Bertz CT molecular complexity index is 1360. The normalized spacial score (nSPS) is 18.8. The molecule has 3 amide bonds. The van der Waals surface area contributed by atoms with Crippen LogP contribution in [0.15, 0.2) is 64.4 Å². The number of aromatic nitrogens is 2. The summed E-state index contributed by atoms with van der Waals surface area (Å²) in [7, 11) is 0. The summed E-state index contributed by atoms with van der Waals surface area (Å²) < 4.78 is 0. The molecule has 1 unspecified atom stereocenters. The fraction of sp³-hybridized carbons (Fsp3) is 0.208. The molecule has 3 N–H and O–H groups in total. The molecule has 2 aliphatic heterocycles. The third-order valence-corrected chi connectivity index (χ3v) is 8.28. The van der Waals surface area contributed by atoms with Crippen LogP contribution in [0.3, 0.4) is 0 Å². The molecule has 4 heterocycles. The van der Waals surface area contributed by atoms with Gasteiger partial charge >= 0.3 is 5.97 Å². The number of thiazole rings is 1. The number of anilines is 1. The number of carbonyl (C=O) groups is 4. The molecule has 202 valence electrons. The van der Waals surface area contributed by atoms with Crippen molar-refractivity contribution in [1.82, 2.24) is 20.2 Å². The molecule has 4 rings (SSSR count). The highest BCUT2D eigenvalue weighted by atomic mass is 32.2. The van der Waals surface area contributed by atoms with Crippen LogP contribution in [0.2, 0.25) is 0 Å². The van der Waals surface area contributed by atoms with Gasteiger partial charge in [-0.15, -0.1) is 34.9 Å². The summed E-state index contributed by atoms with van der Waals surface area (Å²) >= 11 is 3.85. The zero-order valence-corrected chi connectivity index (χ0v) is 22.6. The summed E-state index contributed by atoms with van der Waals surface area (Å²) in [6, 6.07) is 2.75. The van der Waals surface area contributed by atoms with Crippen LogP contribution in [0.5, 0.6) is 0 Å². The molecule has 2 aromatic rings. The number of rotatable bonds is 13. The van der Waals surface area contributed by atoms with Crippen LogP contribution >= 0.6 is 34.9 Å². The molecule has 2 aromatic heterocycles. The van der Waals surface area contributed by atoms with Gasteiger partial charge in [0.05, 0.1) is 0 Å². The van der Waals surface area contributed by atoms with E-state index in [1.165, 1.54) is 39.9 Å². The van der Waals surface area contributed by atoms with Crippen LogP contribution in [-0.4, -0.2) is 79.4 Å². The predicted octanol–water partition coefficient (Wildman–Crippen LogP) is 2.16. The number of carbonyl (C=O) groups excluding carboxylic acids is 3. The highest BCUT2D eigenvalue weighted by Crippen LogP contribution is 2.41. The van der Waals surface area contributed by atoms with E-state index in [0.717, 1.165) is 16.9 Å². The number of fused-ring (bicyclic) bond motifs is 1. The first kappa shape index (κ1) is 28.1. The van der Waals surface area contributed by atoms with Gasteiger partial charge in [0, 0.05) is 29.3 Å². The van der Waals surface area contributed by atoms with Crippen LogP contribution in [-0.2, 0) is 24.0 Å². The smallest absolute Gasteiger partial charge is 0.352 e. The molecular formula is C24H22N6O6S3. The number of β-lactam (4-membered cyclic amide) rings is 1. The Morgan fingerprint density at radius 1 is 1.41 bits per heavy atom. The molecule has 1 fully saturated rings. The zero-order valence-electron chi connectivity index (χ0n) is 20.2. The average Bonchev–Trinajstić information content (AvgIpc) is 3.40. The predicted molar refractivity (Wildman–Crippen MR) is 150 cm³/mol. The van der Waals surface area contributed by atoms with Crippen molar-refractivity contribution >= 4 is 76.0 Å². The van der Waals surface area contributed by atoms with Crippen molar-refractivity contribution in [2.45, 2.75) is 11.4 Å². The third-order valence-electron chi connectivity index (χ3n) is 5.33. The zero-order chi connectivity index (χ0) is 27.8. The second-order valence-electron chi connectivity index (χ2n) is 7.84. The first-order chi connectivity index (χ1) is 18.9. The minimum atomic E-state index is -1.21. The lowest BCUT2D eigenvalue weighted by Gasteiger charge is -2.49. The Morgan fingerprint density at radius 3 is 2.97 bits per heavy atom. The number of thioether (sulfide) groups is 2. The van der Waals surface area contributed by atoms with E-state index in [0.29, 0.717) is 23.5 Å². The summed E-state index contributed by atoms with van der Waals surface area (Å²) in [4.78, 5) is 63.4. The summed E-state index contributed by atoms with van der Waals surface area (Å²) in [6.07, 6.45) is 7.15. The maximum atomic E-state index is 13.1. The molecule has 12 nitrogen and oxygen atoms in total. The van der Waals surface area contributed by atoms with Gasteiger partial charge in [-0.1, -0.05) is 23.9 Å². The van der Waals surface area contributed by atoms with E-state index in [9.17, 15) is 24.3 Å². The molecule has 0 aromatic carbocycles. The van der Waals surface area contributed by atoms with Crippen LogP contribution in [0.25, 0.3) is 6.08 Å². The number of pyridine rings is 1. The van der Waals surface area contributed by atoms with Gasteiger partial charge in [-0.3, -0.25) is 24.3 Å². The Balaban J connectivity index is 1.45. The molecule has 0 spiro atoms. The van der Waals surface area contributed by atoms with Gasteiger partial charge in [0.2, 0.25) is 6.41 Å². The summed E-state index contributed by atoms with van der Waals surface area (Å²) in [6.45, 7) is 3.55. The lowest BCUT2D eigenvalue weighted by atomic mass is 10.0. The van der Waals surface area contributed by atoms with E-state index in [1.807, 2.05) is 23.6 Å². The van der Waals surface area contributed by atoms with Crippen molar-refractivity contribution in [3.05, 3.63) is 70.5 Å². The first-order valence-corrected chi connectivity index (χ1v) is 14.3. The molecule has 1 saturated heterocycles. The van der Waals surface area contributed by atoms with E-state index in [2.05, 4.69) is 32.3 Å². The van der Waals surface area contributed by atoms with E-state index in [1.54, 1.807) is 12.4 Å². The SMILES string of the molecule is C=CCON=C(C(=O)NC1C(=O)N2C(C(=O)O)=C(CSC=Cc3cccnc3)CS[C@@H]12)c1csc(NC=O)n1. The highest BCUT2D eigenvalue weighted by Gasteiger charge is 2.54. The van der Waals surface area contributed by atoms with E-state index >= 15 is 0 Å². The molecule has 39 heavy (non-hydrogen) atoms. The second-order valence-corrected chi connectivity index (χ2v) is 10.7. The van der Waals surface area contributed by atoms with Gasteiger partial charge in [-0.25, -0.2) is 9.78 Å². The van der Waals surface area contributed by atoms with Gasteiger partial charge in [-0.2, -0.15) is 0 Å². The molecule has 0 radical (unpaired) electrons. The highest BCUT2D eigenvalue weighted by molar-refractivity contribution is 8.02. The maximum absolute atomic E-state index is 13.1. The van der Waals surface area contributed by atoms with Crippen LogP contribution in [0, 0.1) is 0 Å². The van der Waals surface area contributed by atoms with Gasteiger partial charge in [-0.05, 0) is 28.7 Å². The summed E-state index contributed by atoms with van der Waals surface area (Å²) in [5.74, 6) is -1.71. The van der Waals surface area contributed by atoms with Crippen molar-refractivity contribution in [1.29, 1.82) is 0 Å². The number of hydrogen-bond donors (Lipinski definition) is 3. The Labute approximate surface area is 235 Å². The number of amides is 3. The number of carboxylic acid groups (broad SMARTS) is 1. The minimum Gasteiger partial charge on any atom is -0.477 e. The van der Waals surface area contributed by atoms with Crippen LogP contribution in [0.4, 0.5) is 5.13 Å². The monoisotopic (exact) mass is 586 g/mol. The van der Waals surface area contributed by atoms with Gasteiger partial charge in [0.15, 0.2) is 10.8 Å². The summed E-state index contributed by atoms with van der Waals surface area (Å²) in [5, 5.41) is 21.7. The molecule has 0 saturated carbocycles. The van der Waals surface area contributed by atoms with Crippen molar-refractivity contribution in [3.8, 4) is 0 Å². The lowest BCUT2D eigenvalue weighted by molar-refractivity contribution is -0.150. The van der Waals surface area contributed by atoms with E-state index in [-0.39, 0.29) is 28.8 Å². The van der Waals surface area contributed by atoms with Gasteiger partial charge in [0.1, 0.15) is 29.4 Å². The molecule has 2 atom stereocenters. The van der Waals surface area contributed by atoms with E-state index in [4.69, 9.17) is 4.84 Å². The molecule has 15 heteroatoms. The number of oxime groups is 1. The van der Waals surface area contributed by atoms with Crippen molar-refractivity contribution in [2.75, 3.05) is 23.4 Å². The fourth-order valence-corrected chi connectivity index (χ4v) is 6.53. The molecule has 0 aliphatic carbocycles. The standard InChI is InChI=1S/C24H22N6O6S3/c1-2-7-36-29-17(16-12-39-24(27-16)26-13-31)20(32)28-18-21(33)30-19(23(34)35)15(11-38-22(18)30)10-37-8-5-14-4-3-6-25-9-14/h2-6,8-9,12-13,18,22H,1,7,10-11H2,(H,28,32)(H,34,35)(H,26,27,31)/t18?,22-/m0/s1. The van der Waals surface area contributed by atoms with Gasteiger partial charge < -0.3 is 20.6 Å². The summed E-state index contributed by atoms with van der Waals surface area (Å²) in [5.41, 5.74) is 1.39. The van der Waals surface area contributed by atoms with Crippen molar-refractivity contribution in [2.24, 2.45) is 5.16 Å². The number of carboxylic acids is 1. The average molecular weight is 587 g/mol. The Kier molecular flexibility index (Phi) is 9.51. The molecule has 2 aliphatic rings. The quantitative estimate of drug-likeness (QED) is 0.0791. The van der Waals surface area contributed by atoms with Crippen molar-refractivity contribution < 1.29 is 29.1 Å². The van der Waals surface area contributed by atoms with E-state index < -0.39 is 29.2 Å². The number of nitrogens with one attached hydrogen (secondary N) is 2. The Hall–Kier alpha value is -3.95. The minimum absolute atomic E-state index is 0.0277. The van der Waals surface area contributed by atoms with Gasteiger partial charge in [0.25, 0.3) is 11.8 Å². The number of hydrogen-bond acceptors (Lipinski definition) is 11. The van der Waals surface area contributed by atoms with Crippen LogP contribution in [0.1, 0.15) is 11.3 Å². The first-order valence-electron chi connectivity index (χ1n) is 11.3. The number of nitrogens with zero attached hydrogens (tertiary/aromatic N) is 4. The second kappa shape index (κ2) is 13.2. The lowest BCUT2D eigenvalue weighted by Crippen LogP contribution is -2.71. The third kappa shape index (κ3) is 6.55. The molecular weight excluding hydrogens is 565 g/mol.